The Balaban J connectivity index is 1.69. The van der Waals surface area contributed by atoms with Crippen molar-refractivity contribution in [2.75, 3.05) is 33.5 Å². The van der Waals surface area contributed by atoms with Gasteiger partial charge in [0.15, 0.2) is 5.69 Å². The van der Waals surface area contributed by atoms with Gasteiger partial charge in [-0.2, -0.15) is 0 Å². The summed E-state index contributed by atoms with van der Waals surface area (Å²) in [5.41, 5.74) is 1.89. The zero-order valence-corrected chi connectivity index (χ0v) is 15.9. The summed E-state index contributed by atoms with van der Waals surface area (Å²) in [5, 5.41) is 11.2. The molecule has 9 heteroatoms. The van der Waals surface area contributed by atoms with Crippen molar-refractivity contribution in [3.63, 3.8) is 0 Å². The van der Waals surface area contributed by atoms with Crippen LogP contribution in [-0.4, -0.2) is 65.5 Å². The summed E-state index contributed by atoms with van der Waals surface area (Å²) in [4.78, 5) is 17.3. The van der Waals surface area contributed by atoms with Crippen LogP contribution >= 0.6 is 0 Å². The summed E-state index contributed by atoms with van der Waals surface area (Å²) in [7, 11) is 1.58. The molecule has 0 spiro atoms. The van der Waals surface area contributed by atoms with Crippen LogP contribution in [0.25, 0.3) is 17.1 Å². The third-order valence-corrected chi connectivity index (χ3v) is 4.48. The van der Waals surface area contributed by atoms with Crippen molar-refractivity contribution < 1.29 is 19.0 Å². The molecule has 0 aliphatic carbocycles. The van der Waals surface area contributed by atoms with Gasteiger partial charge in [-0.3, -0.25) is 9.78 Å². The average Bonchev–Trinajstić information content (AvgIpc) is 3.24. The summed E-state index contributed by atoms with van der Waals surface area (Å²) < 4.78 is 18.0. The number of carbonyl (C=O) groups is 1. The highest BCUT2D eigenvalue weighted by molar-refractivity contribution is 5.98. The van der Waals surface area contributed by atoms with Crippen LogP contribution in [0.2, 0.25) is 0 Å². The van der Waals surface area contributed by atoms with Crippen molar-refractivity contribution in [1.29, 1.82) is 0 Å². The van der Waals surface area contributed by atoms with E-state index in [1.807, 2.05) is 30.3 Å². The fourth-order valence-corrected chi connectivity index (χ4v) is 3.09. The molecule has 0 radical (unpaired) electrons. The summed E-state index contributed by atoms with van der Waals surface area (Å²) in [6.45, 7) is 1.86. The number of nitrogens with zero attached hydrogens (tertiary/aromatic N) is 4. The second-order valence-electron chi connectivity index (χ2n) is 6.36. The second kappa shape index (κ2) is 8.80. The minimum Gasteiger partial charge on any atom is -0.494 e. The predicted octanol–water partition coefficient (Wildman–Crippen LogP) is 1.48. The number of benzene rings is 1. The minimum absolute atomic E-state index is 0.173. The average molecular weight is 395 g/mol. The number of ether oxygens (including phenoxy) is 3. The monoisotopic (exact) mass is 395 g/mol. The van der Waals surface area contributed by atoms with Crippen molar-refractivity contribution in [3.8, 4) is 22.8 Å². The van der Waals surface area contributed by atoms with Gasteiger partial charge in [0.25, 0.3) is 5.91 Å². The molecule has 1 aliphatic heterocycles. The van der Waals surface area contributed by atoms with E-state index in [1.165, 1.54) is 0 Å². The van der Waals surface area contributed by atoms with Gasteiger partial charge in [-0.05, 0) is 24.3 Å². The van der Waals surface area contributed by atoms with Crippen LogP contribution in [0.15, 0.2) is 48.7 Å². The van der Waals surface area contributed by atoms with Crippen LogP contribution in [-0.2, 0) is 9.47 Å². The molecule has 0 saturated carbocycles. The Kier molecular flexibility index (Phi) is 5.78. The van der Waals surface area contributed by atoms with Crippen molar-refractivity contribution in [1.82, 2.24) is 25.3 Å². The number of methoxy groups -OCH3 is 1. The number of nitrogens with one attached hydrogen (secondary N) is 1. The van der Waals surface area contributed by atoms with Gasteiger partial charge >= 0.3 is 0 Å². The SMILES string of the molecule is COc1ccccc1-n1nnc(C(=O)NCC2COCCO2)c1-c1ccccn1. The number of amides is 1. The summed E-state index contributed by atoms with van der Waals surface area (Å²) in [5.74, 6) is 0.246. The molecule has 1 amide bonds. The van der Waals surface area contributed by atoms with Gasteiger partial charge in [-0.25, -0.2) is 4.68 Å². The van der Waals surface area contributed by atoms with Gasteiger partial charge < -0.3 is 19.5 Å². The van der Waals surface area contributed by atoms with Gasteiger partial charge in [-0.15, -0.1) is 5.10 Å². The lowest BCUT2D eigenvalue weighted by atomic mass is 10.2. The molecule has 150 valence electrons. The fourth-order valence-electron chi connectivity index (χ4n) is 3.09. The zero-order valence-electron chi connectivity index (χ0n) is 15.9. The van der Waals surface area contributed by atoms with Crippen LogP contribution in [0, 0.1) is 0 Å². The number of hydrogen-bond acceptors (Lipinski definition) is 7. The molecular formula is C20H21N5O4. The minimum atomic E-state index is -0.360. The summed E-state index contributed by atoms with van der Waals surface area (Å²) in [6.07, 6.45) is 1.47. The molecule has 3 aromatic rings. The Morgan fingerprint density at radius 2 is 2.10 bits per heavy atom. The molecule has 1 atom stereocenters. The Morgan fingerprint density at radius 1 is 1.24 bits per heavy atom. The largest absolute Gasteiger partial charge is 0.494 e. The maximum absolute atomic E-state index is 12.9. The van der Waals surface area contributed by atoms with E-state index in [-0.39, 0.29) is 17.7 Å². The highest BCUT2D eigenvalue weighted by Gasteiger charge is 2.25. The zero-order chi connectivity index (χ0) is 20.1. The topological polar surface area (TPSA) is 100 Å². The third kappa shape index (κ3) is 4.10. The molecule has 3 heterocycles. The molecule has 1 saturated heterocycles. The van der Waals surface area contributed by atoms with E-state index in [0.717, 1.165) is 0 Å². The Bertz CT molecular complexity index is 970. The molecule has 2 aromatic heterocycles. The van der Waals surface area contributed by atoms with Gasteiger partial charge in [0, 0.05) is 12.7 Å². The van der Waals surface area contributed by atoms with Crippen molar-refractivity contribution in [2.45, 2.75) is 6.10 Å². The van der Waals surface area contributed by atoms with Crippen molar-refractivity contribution >= 4 is 5.91 Å². The predicted molar refractivity (Wildman–Crippen MR) is 104 cm³/mol. The number of hydrogen-bond donors (Lipinski definition) is 1. The smallest absolute Gasteiger partial charge is 0.274 e. The summed E-state index contributed by atoms with van der Waals surface area (Å²) >= 11 is 0. The number of rotatable bonds is 6. The lowest BCUT2D eigenvalue weighted by molar-refractivity contribution is -0.0855. The van der Waals surface area contributed by atoms with E-state index in [1.54, 1.807) is 30.1 Å². The third-order valence-electron chi connectivity index (χ3n) is 4.48. The number of carbonyl (C=O) groups excluding carboxylic acids is 1. The molecular weight excluding hydrogens is 374 g/mol. The van der Waals surface area contributed by atoms with E-state index in [0.29, 0.717) is 49.2 Å². The first-order valence-electron chi connectivity index (χ1n) is 9.26. The lowest BCUT2D eigenvalue weighted by Crippen LogP contribution is -2.40. The molecule has 1 aromatic carbocycles. The Labute approximate surface area is 167 Å². The molecule has 29 heavy (non-hydrogen) atoms. The van der Waals surface area contributed by atoms with E-state index in [2.05, 4.69) is 20.6 Å². The number of pyridine rings is 1. The molecule has 9 nitrogen and oxygen atoms in total. The molecule has 1 unspecified atom stereocenters. The van der Waals surface area contributed by atoms with Crippen LogP contribution in [0.4, 0.5) is 0 Å². The first-order valence-corrected chi connectivity index (χ1v) is 9.26. The van der Waals surface area contributed by atoms with Crippen molar-refractivity contribution in [2.24, 2.45) is 0 Å². The molecule has 1 aliphatic rings. The first kappa shape index (κ1) is 19.0. The summed E-state index contributed by atoms with van der Waals surface area (Å²) in [6, 6.07) is 12.8. The van der Waals surface area contributed by atoms with Gasteiger partial charge in [0.1, 0.15) is 17.1 Å². The van der Waals surface area contributed by atoms with E-state index < -0.39 is 0 Å². The highest BCUT2D eigenvalue weighted by Crippen LogP contribution is 2.28. The maximum atomic E-state index is 12.9. The van der Waals surface area contributed by atoms with Gasteiger partial charge in [-0.1, -0.05) is 23.4 Å². The van der Waals surface area contributed by atoms with E-state index in [9.17, 15) is 4.79 Å². The fraction of sp³-hybridized carbons (Fsp3) is 0.300. The second-order valence-corrected chi connectivity index (χ2v) is 6.36. The number of aromatic nitrogens is 4. The molecule has 1 N–H and O–H groups in total. The quantitative estimate of drug-likeness (QED) is 0.675. The van der Waals surface area contributed by atoms with Gasteiger partial charge in [0.2, 0.25) is 0 Å². The first-order chi connectivity index (χ1) is 14.3. The Hall–Kier alpha value is -3.30. The van der Waals surface area contributed by atoms with Gasteiger partial charge in [0.05, 0.1) is 38.7 Å². The van der Waals surface area contributed by atoms with Crippen LogP contribution in [0.3, 0.4) is 0 Å². The molecule has 1 fully saturated rings. The number of para-hydroxylation sites is 2. The van der Waals surface area contributed by atoms with Crippen molar-refractivity contribution in [3.05, 3.63) is 54.4 Å². The molecule has 0 bridgehead atoms. The molecule has 4 rings (SSSR count). The van der Waals surface area contributed by atoms with E-state index >= 15 is 0 Å². The normalized spacial score (nSPS) is 16.4. The highest BCUT2D eigenvalue weighted by atomic mass is 16.6. The van der Waals surface area contributed by atoms with Crippen LogP contribution in [0.5, 0.6) is 5.75 Å². The Morgan fingerprint density at radius 3 is 2.86 bits per heavy atom. The standard InChI is InChI=1S/C20H21N5O4/c1-27-17-8-3-2-7-16(17)25-19(15-6-4-5-9-21-15)18(23-24-25)20(26)22-12-14-13-28-10-11-29-14/h2-9,14H,10-13H2,1H3,(H,22,26). The lowest BCUT2D eigenvalue weighted by Gasteiger charge is -2.22. The van der Waals surface area contributed by atoms with Crippen LogP contribution < -0.4 is 10.1 Å². The van der Waals surface area contributed by atoms with E-state index in [4.69, 9.17) is 14.2 Å². The maximum Gasteiger partial charge on any atom is 0.274 e. The van der Waals surface area contributed by atoms with Crippen LogP contribution in [0.1, 0.15) is 10.5 Å².